The van der Waals surface area contributed by atoms with E-state index in [2.05, 4.69) is 20.4 Å². The van der Waals surface area contributed by atoms with Crippen LogP contribution in [0.3, 0.4) is 0 Å². The number of amides is 1. The summed E-state index contributed by atoms with van der Waals surface area (Å²) in [6.45, 7) is 4.22. The van der Waals surface area contributed by atoms with Gasteiger partial charge in [0, 0.05) is 34.9 Å². The minimum Gasteiger partial charge on any atom is -0.493 e. The van der Waals surface area contributed by atoms with E-state index in [-0.39, 0.29) is 23.9 Å². The minimum atomic E-state index is -0.363. The molecule has 2 aromatic heterocycles. The number of hydrogen-bond donors (Lipinski definition) is 1. The normalized spacial score (nSPS) is 11.1. The van der Waals surface area contributed by atoms with Gasteiger partial charge in [-0.25, -0.2) is 13.9 Å². The zero-order valence-electron chi connectivity index (χ0n) is 21.0. The van der Waals surface area contributed by atoms with Gasteiger partial charge in [-0.3, -0.25) is 4.79 Å². The van der Waals surface area contributed by atoms with Gasteiger partial charge in [0.25, 0.3) is 5.78 Å². The van der Waals surface area contributed by atoms with E-state index in [1.807, 2.05) is 32.0 Å². The van der Waals surface area contributed by atoms with Gasteiger partial charge in [0.2, 0.25) is 11.1 Å². The molecule has 0 aliphatic carbocycles. The summed E-state index contributed by atoms with van der Waals surface area (Å²) in [5, 5.41) is 8.22. The van der Waals surface area contributed by atoms with Crippen molar-refractivity contribution in [2.45, 2.75) is 31.8 Å². The van der Waals surface area contributed by atoms with Crippen molar-refractivity contribution in [1.29, 1.82) is 0 Å². The van der Waals surface area contributed by atoms with Gasteiger partial charge >= 0.3 is 0 Å². The molecule has 4 aromatic rings. The smallest absolute Gasteiger partial charge is 0.253 e. The van der Waals surface area contributed by atoms with Crippen molar-refractivity contribution in [2.75, 3.05) is 26.5 Å². The summed E-state index contributed by atoms with van der Waals surface area (Å²) in [4.78, 5) is 21.4. The van der Waals surface area contributed by atoms with Crippen molar-refractivity contribution in [1.82, 2.24) is 24.9 Å². The molecule has 0 spiro atoms. The summed E-state index contributed by atoms with van der Waals surface area (Å²) in [5.41, 5.74) is 3.78. The number of ether oxygens (including phenoxy) is 2. The Hall–Kier alpha value is -3.37. The molecule has 1 N–H and O–H groups in total. The monoisotopic (exact) mass is 543 g/mol. The lowest BCUT2D eigenvalue weighted by atomic mass is 10.0. The molecule has 0 saturated carbocycles. The van der Waals surface area contributed by atoms with E-state index in [0.717, 1.165) is 22.5 Å². The van der Waals surface area contributed by atoms with Gasteiger partial charge in [-0.15, -0.1) is 5.10 Å². The Morgan fingerprint density at radius 3 is 2.62 bits per heavy atom. The van der Waals surface area contributed by atoms with E-state index in [4.69, 9.17) is 21.1 Å². The molecule has 2 heterocycles. The Balaban J connectivity index is 1.37. The summed E-state index contributed by atoms with van der Waals surface area (Å²) in [7, 11) is 3.18. The van der Waals surface area contributed by atoms with E-state index in [0.29, 0.717) is 46.0 Å². The number of aromatic nitrogens is 4. The molecule has 8 nitrogen and oxygen atoms in total. The fourth-order valence-corrected chi connectivity index (χ4v) is 4.83. The molecule has 0 aliphatic heterocycles. The predicted octanol–water partition coefficient (Wildman–Crippen LogP) is 4.59. The SMILES string of the molecule is COc1ccc(CCNC(=O)CSc2nc3nc(C)c(Cc4c(F)cccc4Cl)c(C)n3n2)cc1OC. The lowest BCUT2D eigenvalue weighted by molar-refractivity contribution is -0.118. The van der Waals surface area contributed by atoms with E-state index < -0.39 is 0 Å². The van der Waals surface area contributed by atoms with Crippen LogP contribution in [-0.2, 0) is 17.6 Å². The third-order valence-corrected chi connectivity index (χ3v) is 7.15. The lowest BCUT2D eigenvalue weighted by Gasteiger charge is -2.12. The second-order valence-electron chi connectivity index (χ2n) is 8.32. The van der Waals surface area contributed by atoms with Crippen LogP contribution in [0.15, 0.2) is 41.6 Å². The molecule has 2 aromatic carbocycles. The van der Waals surface area contributed by atoms with Crippen molar-refractivity contribution in [3.63, 3.8) is 0 Å². The van der Waals surface area contributed by atoms with Crippen LogP contribution in [0.25, 0.3) is 5.78 Å². The zero-order chi connectivity index (χ0) is 26.5. The zero-order valence-corrected chi connectivity index (χ0v) is 22.5. The maximum Gasteiger partial charge on any atom is 0.253 e. The van der Waals surface area contributed by atoms with Crippen LogP contribution in [0.2, 0.25) is 5.02 Å². The molecule has 37 heavy (non-hydrogen) atoms. The number of fused-ring (bicyclic) bond motifs is 1. The summed E-state index contributed by atoms with van der Waals surface area (Å²) in [6, 6.07) is 10.3. The number of carbonyl (C=O) groups is 1. The Labute approximate surface area is 223 Å². The van der Waals surface area contributed by atoms with E-state index in [1.165, 1.54) is 17.8 Å². The van der Waals surface area contributed by atoms with E-state index in [1.54, 1.807) is 30.9 Å². The molecule has 0 saturated heterocycles. The number of nitrogens with zero attached hydrogens (tertiary/aromatic N) is 4. The first-order valence-electron chi connectivity index (χ1n) is 11.6. The highest BCUT2D eigenvalue weighted by atomic mass is 35.5. The fourth-order valence-electron chi connectivity index (χ4n) is 3.95. The topological polar surface area (TPSA) is 90.6 Å². The van der Waals surface area contributed by atoms with Crippen molar-refractivity contribution in [3.8, 4) is 11.5 Å². The summed E-state index contributed by atoms with van der Waals surface area (Å²) >= 11 is 7.46. The van der Waals surface area contributed by atoms with Gasteiger partial charge in [0.05, 0.1) is 20.0 Å². The first-order chi connectivity index (χ1) is 17.8. The predicted molar refractivity (Wildman–Crippen MR) is 141 cm³/mol. The molecule has 0 aliphatic rings. The second kappa shape index (κ2) is 11.8. The quantitative estimate of drug-likeness (QED) is 0.292. The van der Waals surface area contributed by atoms with Gasteiger partial charge in [-0.05, 0) is 55.7 Å². The van der Waals surface area contributed by atoms with Gasteiger partial charge in [-0.2, -0.15) is 4.98 Å². The van der Waals surface area contributed by atoms with Crippen molar-refractivity contribution in [3.05, 3.63) is 75.3 Å². The van der Waals surface area contributed by atoms with Crippen LogP contribution in [-0.4, -0.2) is 52.0 Å². The second-order valence-corrected chi connectivity index (χ2v) is 9.67. The fraction of sp³-hybridized carbons (Fsp3) is 0.308. The molecule has 0 unspecified atom stereocenters. The summed E-state index contributed by atoms with van der Waals surface area (Å²) in [5.74, 6) is 1.42. The Bertz CT molecular complexity index is 1430. The molecule has 4 rings (SSSR count). The number of benzene rings is 2. The maximum absolute atomic E-state index is 14.4. The highest BCUT2D eigenvalue weighted by Crippen LogP contribution is 2.28. The van der Waals surface area contributed by atoms with Crippen molar-refractivity contribution in [2.24, 2.45) is 0 Å². The first-order valence-corrected chi connectivity index (χ1v) is 12.9. The van der Waals surface area contributed by atoms with Crippen LogP contribution >= 0.6 is 23.4 Å². The first kappa shape index (κ1) is 26.7. The highest BCUT2D eigenvalue weighted by molar-refractivity contribution is 7.99. The average Bonchev–Trinajstić information content (AvgIpc) is 3.29. The molecule has 194 valence electrons. The third kappa shape index (κ3) is 6.14. The largest absolute Gasteiger partial charge is 0.493 e. The lowest BCUT2D eigenvalue weighted by Crippen LogP contribution is -2.27. The molecule has 0 radical (unpaired) electrons. The summed E-state index contributed by atoms with van der Waals surface area (Å²) in [6.07, 6.45) is 0.942. The molecule has 1 amide bonds. The number of nitrogens with one attached hydrogen (secondary N) is 1. The maximum atomic E-state index is 14.4. The molecule has 0 atom stereocenters. The molecular weight excluding hydrogens is 517 g/mol. The molecular formula is C26H27ClFN5O3S. The number of rotatable bonds is 10. The van der Waals surface area contributed by atoms with Crippen LogP contribution in [0.1, 0.15) is 28.1 Å². The van der Waals surface area contributed by atoms with Crippen LogP contribution in [0, 0.1) is 19.7 Å². The van der Waals surface area contributed by atoms with E-state index in [9.17, 15) is 9.18 Å². The number of thioether (sulfide) groups is 1. The average molecular weight is 544 g/mol. The minimum absolute atomic E-state index is 0.125. The van der Waals surface area contributed by atoms with Crippen molar-refractivity contribution < 1.29 is 18.7 Å². The van der Waals surface area contributed by atoms with E-state index >= 15 is 0 Å². The third-order valence-electron chi connectivity index (χ3n) is 5.96. The standard InChI is InChI=1S/C26H27ClFN5O3S/c1-15-18(13-19-20(27)6-5-7-21(19)28)16(2)33-25(30-15)31-26(32-33)37-14-24(34)29-11-10-17-8-9-22(35-3)23(12-17)36-4/h5-9,12H,10-11,13-14H2,1-4H3,(H,29,34). The van der Waals surface area contributed by atoms with Gasteiger partial charge in [0.1, 0.15) is 5.82 Å². The number of carbonyl (C=O) groups excluding carboxylic acids is 1. The highest BCUT2D eigenvalue weighted by Gasteiger charge is 2.17. The Morgan fingerprint density at radius 1 is 1.11 bits per heavy atom. The van der Waals surface area contributed by atoms with Gasteiger partial charge < -0.3 is 14.8 Å². The molecule has 0 fully saturated rings. The molecule has 11 heteroatoms. The van der Waals surface area contributed by atoms with Gasteiger partial charge in [0.15, 0.2) is 11.5 Å². The van der Waals surface area contributed by atoms with Gasteiger partial charge in [-0.1, -0.05) is 35.5 Å². The molecule has 0 bridgehead atoms. The number of hydrogen-bond acceptors (Lipinski definition) is 7. The number of aryl methyl sites for hydroxylation is 2. The number of halogens is 2. The van der Waals surface area contributed by atoms with Crippen LogP contribution in [0.5, 0.6) is 11.5 Å². The Morgan fingerprint density at radius 2 is 1.89 bits per heavy atom. The Kier molecular flexibility index (Phi) is 8.50. The van der Waals surface area contributed by atoms with Crippen LogP contribution < -0.4 is 14.8 Å². The van der Waals surface area contributed by atoms with Crippen molar-refractivity contribution >= 4 is 35.0 Å². The van der Waals surface area contributed by atoms with Crippen LogP contribution in [0.4, 0.5) is 4.39 Å². The number of methoxy groups -OCH3 is 2. The summed E-state index contributed by atoms with van der Waals surface area (Å²) < 4.78 is 26.5.